The fraction of sp³-hybridized carbons (Fsp3) is 0.0714. The normalized spacial score (nSPS) is 10.3. The van der Waals surface area contributed by atoms with E-state index in [1.807, 2.05) is 6.92 Å². The number of rotatable bonds is 2. The molecule has 2 rings (SSSR count). The summed E-state index contributed by atoms with van der Waals surface area (Å²) in [5.74, 6) is -0.343. The van der Waals surface area contributed by atoms with Gasteiger partial charge in [0, 0.05) is 4.47 Å². The van der Waals surface area contributed by atoms with Crippen LogP contribution in [0, 0.1) is 6.92 Å². The zero-order valence-corrected chi connectivity index (χ0v) is 12.4. The third-order valence-electron chi connectivity index (χ3n) is 2.60. The Labute approximate surface area is 124 Å². The first-order valence-electron chi connectivity index (χ1n) is 5.54. The summed E-state index contributed by atoms with van der Waals surface area (Å²) in [5, 5.41) is 12.7. The van der Waals surface area contributed by atoms with Gasteiger partial charge in [0.1, 0.15) is 5.75 Å². The molecule has 1 amide bonds. The maximum Gasteiger partial charge on any atom is 0.257 e. The standard InChI is InChI=1S/C14H11BrClNO2/c1-8-5-6-11(12(18)7-8)17-14(19)9-3-2-4-10(15)13(9)16/h2-7,18H,1H3,(H,17,19). The lowest BCUT2D eigenvalue weighted by atomic mass is 10.2. The van der Waals surface area contributed by atoms with E-state index in [9.17, 15) is 9.90 Å². The highest BCUT2D eigenvalue weighted by atomic mass is 79.9. The number of carbonyl (C=O) groups excluding carboxylic acids is 1. The number of aromatic hydroxyl groups is 1. The van der Waals surface area contributed by atoms with Gasteiger partial charge in [-0.25, -0.2) is 0 Å². The molecule has 0 aromatic heterocycles. The number of benzene rings is 2. The Morgan fingerprint density at radius 2 is 2.05 bits per heavy atom. The molecular formula is C14H11BrClNO2. The summed E-state index contributed by atoms with van der Waals surface area (Å²) in [5.41, 5.74) is 1.61. The summed E-state index contributed by atoms with van der Waals surface area (Å²) in [7, 11) is 0. The molecule has 0 saturated carbocycles. The van der Waals surface area contributed by atoms with Crippen molar-refractivity contribution in [1.82, 2.24) is 0 Å². The van der Waals surface area contributed by atoms with Crippen LogP contribution in [0.15, 0.2) is 40.9 Å². The van der Waals surface area contributed by atoms with Gasteiger partial charge in [-0.05, 0) is 52.7 Å². The first-order valence-corrected chi connectivity index (χ1v) is 6.71. The molecule has 19 heavy (non-hydrogen) atoms. The molecule has 98 valence electrons. The monoisotopic (exact) mass is 339 g/mol. The second kappa shape index (κ2) is 5.63. The number of phenolic OH excluding ortho intramolecular Hbond substituents is 1. The SMILES string of the molecule is Cc1ccc(NC(=O)c2cccc(Br)c2Cl)c(O)c1. The predicted octanol–water partition coefficient (Wildman–Crippen LogP) is 4.37. The van der Waals surface area contributed by atoms with Crippen molar-refractivity contribution in [2.45, 2.75) is 6.92 Å². The molecular weight excluding hydrogens is 330 g/mol. The fourth-order valence-electron chi connectivity index (χ4n) is 1.62. The van der Waals surface area contributed by atoms with Gasteiger partial charge >= 0.3 is 0 Å². The van der Waals surface area contributed by atoms with E-state index in [2.05, 4.69) is 21.2 Å². The van der Waals surface area contributed by atoms with Gasteiger partial charge in [-0.3, -0.25) is 4.79 Å². The maximum atomic E-state index is 12.1. The summed E-state index contributed by atoms with van der Waals surface area (Å²) in [6.07, 6.45) is 0. The van der Waals surface area contributed by atoms with E-state index in [0.29, 0.717) is 20.7 Å². The van der Waals surface area contributed by atoms with E-state index >= 15 is 0 Å². The smallest absolute Gasteiger partial charge is 0.257 e. The Morgan fingerprint density at radius 1 is 1.32 bits per heavy atom. The molecule has 0 aliphatic heterocycles. The van der Waals surface area contributed by atoms with Crippen molar-refractivity contribution in [2.75, 3.05) is 5.32 Å². The Kier molecular flexibility index (Phi) is 4.12. The number of phenols is 1. The third kappa shape index (κ3) is 3.08. The minimum atomic E-state index is -0.370. The lowest BCUT2D eigenvalue weighted by Crippen LogP contribution is -2.12. The summed E-state index contributed by atoms with van der Waals surface area (Å²) in [6, 6.07) is 10.1. The van der Waals surface area contributed by atoms with E-state index in [-0.39, 0.29) is 11.7 Å². The lowest BCUT2D eigenvalue weighted by molar-refractivity contribution is 0.102. The highest BCUT2D eigenvalue weighted by Gasteiger charge is 2.13. The lowest BCUT2D eigenvalue weighted by Gasteiger charge is -2.09. The van der Waals surface area contributed by atoms with Crippen LogP contribution in [0.4, 0.5) is 5.69 Å². The molecule has 2 aromatic rings. The number of aryl methyl sites for hydroxylation is 1. The van der Waals surface area contributed by atoms with Crippen molar-refractivity contribution in [3.05, 3.63) is 57.0 Å². The van der Waals surface area contributed by atoms with Crippen LogP contribution in [0.5, 0.6) is 5.75 Å². The van der Waals surface area contributed by atoms with E-state index in [0.717, 1.165) is 5.56 Å². The second-order valence-electron chi connectivity index (χ2n) is 4.08. The highest BCUT2D eigenvalue weighted by Crippen LogP contribution is 2.28. The molecule has 0 heterocycles. The molecule has 3 nitrogen and oxygen atoms in total. The maximum absolute atomic E-state index is 12.1. The second-order valence-corrected chi connectivity index (χ2v) is 5.31. The molecule has 0 radical (unpaired) electrons. The van der Waals surface area contributed by atoms with Crippen LogP contribution in [0.1, 0.15) is 15.9 Å². The van der Waals surface area contributed by atoms with Crippen LogP contribution in [0.25, 0.3) is 0 Å². The Hall–Kier alpha value is -1.52. The Bertz CT molecular complexity index is 643. The van der Waals surface area contributed by atoms with E-state index in [1.165, 1.54) is 0 Å². The molecule has 2 N–H and O–H groups in total. The van der Waals surface area contributed by atoms with Crippen LogP contribution in [-0.4, -0.2) is 11.0 Å². The minimum absolute atomic E-state index is 0.0273. The molecule has 0 aliphatic rings. The van der Waals surface area contributed by atoms with E-state index < -0.39 is 0 Å². The largest absolute Gasteiger partial charge is 0.506 e. The molecule has 0 fully saturated rings. The van der Waals surface area contributed by atoms with Gasteiger partial charge in [-0.15, -0.1) is 0 Å². The molecule has 5 heteroatoms. The van der Waals surface area contributed by atoms with Gasteiger partial charge in [0.05, 0.1) is 16.3 Å². The molecule has 0 unspecified atom stereocenters. The zero-order valence-electron chi connectivity index (χ0n) is 10.1. The predicted molar refractivity (Wildman–Crippen MR) is 79.9 cm³/mol. The van der Waals surface area contributed by atoms with Crippen molar-refractivity contribution in [3.63, 3.8) is 0 Å². The van der Waals surface area contributed by atoms with Gasteiger partial charge in [-0.1, -0.05) is 23.7 Å². The number of hydrogen-bond donors (Lipinski definition) is 2. The van der Waals surface area contributed by atoms with Crippen LogP contribution in [-0.2, 0) is 0 Å². The van der Waals surface area contributed by atoms with Crippen LogP contribution in [0.3, 0.4) is 0 Å². The number of amides is 1. The summed E-state index contributed by atoms with van der Waals surface area (Å²) in [4.78, 5) is 12.1. The number of anilines is 1. The molecule has 0 bridgehead atoms. The van der Waals surface area contributed by atoms with Crippen LogP contribution in [0.2, 0.25) is 5.02 Å². The van der Waals surface area contributed by atoms with Gasteiger partial charge in [-0.2, -0.15) is 0 Å². The Morgan fingerprint density at radius 3 is 2.74 bits per heavy atom. The van der Waals surface area contributed by atoms with Gasteiger partial charge < -0.3 is 10.4 Å². The third-order valence-corrected chi connectivity index (χ3v) is 3.89. The number of halogens is 2. The van der Waals surface area contributed by atoms with Gasteiger partial charge in [0.15, 0.2) is 0 Å². The summed E-state index contributed by atoms with van der Waals surface area (Å²) < 4.78 is 0.648. The van der Waals surface area contributed by atoms with Crippen molar-refractivity contribution in [1.29, 1.82) is 0 Å². The topological polar surface area (TPSA) is 49.3 Å². The highest BCUT2D eigenvalue weighted by molar-refractivity contribution is 9.10. The van der Waals surface area contributed by atoms with Gasteiger partial charge in [0.25, 0.3) is 5.91 Å². The van der Waals surface area contributed by atoms with Gasteiger partial charge in [0.2, 0.25) is 0 Å². The summed E-state index contributed by atoms with van der Waals surface area (Å²) >= 11 is 9.31. The fourth-order valence-corrected chi connectivity index (χ4v) is 2.19. The molecule has 0 spiro atoms. The minimum Gasteiger partial charge on any atom is -0.506 e. The van der Waals surface area contributed by atoms with E-state index in [1.54, 1.807) is 36.4 Å². The first-order chi connectivity index (χ1) is 8.99. The van der Waals surface area contributed by atoms with Crippen LogP contribution < -0.4 is 5.32 Å². The van der Waals surface area contributed by atoms with Crippen molar-refractivity contribution >= 4 is 39.1 Å². The first kappa shape index (κ1) is 13.9. The van der Waals surface area contributed by atoms with Crippen molar-refractivity contribution in [3.8, 4) is 5.75 Å². The Balaban J connectivity index is 2.28. The van der Waals surface area contributed by atoms with Crippen molar-refractivity contribution in [2.24, 2.45) is 0 Å². The van der Waals surface area contributed by atoms with Crippen LogP contribution >= 0.6 is 27.5 Å². The average Bonchev–Trinajstić information content (AvgIpc) is 2.36. The van der Waals surface area contributed by atoms with E-state index in [4.69, 9.17) is 11.6 Å². The molecule has 2 aromatic carbocycles. The van der Waals surface area contributed by atoms with Crippen molar-refractivity contribution < 1.29 is 9.90 Å². The average molecular weight is 341 g/mol. The number of nitrogens with one attached hydrogen (secondary N) is 1. The molecule has 0 atom stereocenters. The quantitative estimate of drug-likeness (QED) is 0.798. The number of hydrogen-bond acceptors (Lipinski definition) is 2. The molecule has 0 aliphatic carbocycles. The molecule has 0 saturated heterocycles. The summed E-state index contributed by atoms with van der Waals surface area (Å²) in [6.45, 7) is 1.86. The zero-order chi connectivity index (χ0) is 14.0. The number of carbonyl (C=O) groups is 1.